The number of nitrogens with zero attached hydrogens (tertiary/aromatic N) is 1. The molecule has 0 radical (unpaired) electrons. The Labute approximate surface area is 104 Å². The number of methoxy groups -OCH3 is 2. The van der Waals surface area contributed by atoms with E-state index in [4.69, 9.17) is 9.15 Å². The van der Waals surface area contributed by atoms with Gasteiger partial charge in [-0.15, -0.1) is 0 Å². The first kappa shape index (κ1) is 12.0. The average molecular weight is 248 g/mol. The summed E-state index contributed by atoms with van der Waals surface area (Å²) in [5.41, 5.74) is 0.693. The Balaban J connectivity index is 2.19. The smallest absolute Gasteiger partial charge is 0.375 e. The molecule has 0 aliphatic rings. The Morgan fingerprint density at radius 2 is 2.11 bits per heavy atom. The quantitative estimate of drug-likeness (QED) is 0.836. The second-order valence-electron chi connectivity index (χ2n) is 3.35. The Morgan fingerprint density at radius 1 is 1.33 bits per heavy atom. The van der Waals surface area contributed by atoms with E-state index in [0.29, 0.717) is 11.4 Å². The largest absolute Gasteiger partial charge is 0.495 e. The minimum atomic E-state index is -0.574. The number of rotatable bonds is 4. The van der Waals surface area contributed by atoms with Gasteiger partial charge in [-0.1, -0.05) is 12.1 Å². The lowest BCUT2D eigenvalue weighted by Gasteiger charge is -2.07. The third-order valence-electron chi connectivity index (χ3n) is 2.24. The molecular weight excluding hydrogens is 236 g/mol. The fourth-order valence-corrected chi connectivity index (χ4v) is 1.39. The lowest BCUT2D eigenvalue weighted by Crippen LogP contribution is -1.98. The Morgan fingerprint density at radius 3 is 2.83 bits per heavy atom. The summed E-state index contributed by atoms with van der Waals surface area (Å²) in [4.78, 5) is 15.1. The maximum absolute atomic E-state index is 11.2. The van der Waals surface area contributed by atoms with E-state index in [9.17, 15) is 4.79 Å². The standard InChI is InChI=1S/C12H12N2O4/c1-16-9-6-4-3-5-8(9)14-12-13-7-10(18-12)11(15)17-2/h3-7H,1-2H3,(H,13,14). The average Bonchev–Trinajstić information content (AvgIpc) is 2.87. The molecule has 1 aromatic carbocycles. The molecular formula is C12H12N2O4. The van der Waals surface area contributed by atoms with Crippen molar-refractivity contribution in [1.29, 1.82) is 0 Å². The van der Waals surface area contributed by atoms with Gasteiger partial charge in [0.2, 0.25) is 5.76 Å². The molecule has 2 rings (SSSR count). The van der Waals surface area contributed by atoms with Crippen LogP contribution in [0.25, 0.3) is 0 Å². The third kappa shape index (κ3) is 2.42. The normalized spacial score (nSPS) is 9.89. The van der Waals surface area contributed by atoms with Crippen LogP contribution in [0, 0.1) is 0 Å². The van der Waals surface area contributed by atoms with E-state index in [1.807, 2.05) is 12.1 Å². The second kappa shape index (κ2) is 5.22. The van der Waals surface area contributed by atoms with Gasteiger partial charge in [0, 0.05) is 0 Å². The van der Waals surface area contributed by atoms with Crippen LogP contribution >= 0.6 is 0 Å². The maximum Gasteiger partial charge on any atom is 0.375 e. The van der Waals surface area contributed by atoms with Crippen molar-refractivity contribution in [2.45, 2.75) is 0 Å². The number of nitrogens with one attached hydrogen (secondary N) is 1. The zero-order chi connectivity index (χ0) is 13.0. The molecule has 0 amide bonds. The van der Waals surface area contributed by atoms with Gasteiger partial charge in [0.05, 0.1) is 26.1 Å². The highest BCUT2D eigenvalue weighted by Gasteiger charge is 2.13. The first-order valence-electron chi connectivity index (χ1n) is 5.18. The van der Waals surface area contributed by atoms with Gasteiger partial charge < -0.3 is 19.2 Å². The predicted octanol–water partition coefficient (Wildman–Crippen LogP) is 2.21. The molecule has 0 spiro atoms. The summed E-state index contributed by atoms with van der Waals surface area (Å²) in [6, 6.07) is 7.49. The van der Waals surface area contributed by atoms with Crippen LogP contribution in [0.4, 0.5) is 11.7 Å². The number of anilines is 2. The highest BCUT2D eigenvalue weighted by atomic mass is 16.5. The number of para-hydroxylation sites is 2. The lowest BCUT2D eigenvalue weighted by molar-refractivity contribution is 0.0566. The second-order valence-corrected chi connectivity index (χ2v) is 3.35. The number of carbonyl (C=O) groups is 1. The van der Waals surface area contributed by atoms with E-state index >= 15 is 0 Å². The van der Waals surface area contributed by atoms with Crippen molar-refractivity contribution >= 4 is 17.7 Å². The van der Waals surface area contributed by atoms with Gasteiger partial charge in [-0.25, -0.2) is 9.78 Å². The van der Waals surface area contributed by atoms with E-state index in [1.165, 1.54) is 13.3 Å². The molecule has 0 aliphatic carbocycles. The topological polar surface area (TPSA) is 73.6 Å². The van der Waals surface area contributed by atoms with Gasteiger partial charge in [0.25, 0.3) is 6.01 Å². The number of oxazole rings is 1. The minimum absolute atomic E-state index is 0.0369. The molecule has 0 atom stereocenters. The van der Waals surface area contributed by atoms with Crippen LogP contribution in [-0.2, 0) is 4.74 Å². The first-order valence-corrected chi connectivity index (χ1v) is 5.18. The molecule has 1 heterocycles. The molecule has 94 valence electrons. The summed E-state index contributed by atoms with van der Waals surface area (Å²) in [5.74, 6) is 0.112. The van der Waals surface area contributed by atoms with Crippen molar-refractivity contribution in [3.8, 4) is 5.75 Å². The molecule has 0 saturated carbocycles. The molecule has 1 aromatic heterocycles. The molecule has 6 heteroatoms. The van der Waals surface area contributed by atoms with Gasteiger partial charge >= 0.3 is 5.97 Å². The van der Waals surface area contributed by atoms with E-state index < -0.39 is 5.97 Å². The van der Waals surface area contributed by atoms with Gasteiger partial charge in [0.15, 0.2) is 0 Å². The first-order chi connectivity index (χ1) is 8.74. The Hall–Kier alpha value is -2.50. The Bertz CT molecular complexity index is 551. The molecule has 6 nitrogen and oxygen atoms in total. The number of carbonyl (C=O) groups excluding carboxylic acids is 1. The molecule has 0 bridgehead atoms. The van der Waals surface area contributed by atoms with Crippen molar-refractivity contribution in [2.75, 3.05) is 19.5 Å². The molecule has 2 aromatic rings. The summed E-state index contributed by atoms with van der Waals surface area (Å²) in [6.07, 6.45) is 1.30. The number of hydrogen-bond acceptors (Lipinski definition) is 6. The summed E-state index contributed by atoms with van der Waals surface area (Å²) < 4.78 is 14.9. The Kier molecular flexibility index (Phi) is 3.47. The van der Waals surface area contributed by atoms with Crippen molar-refractivity contribution < 1.29 is 18.7 Å². The summed E-state index contributed by atoms with van der Waals surface area (Å²) in [7, 11) is 2.84. The fourth-order valence-electron chi connectivity index (χ4n) is 1.39. The number of benzene rings is 1. The summed E-state index contributed by atoms with van der Waals surface area (Å²) in [5, 5.41) is 2.91. The lowest BCUT2D eigenvalue weighted by atomic mass is 10.3. The van der Waals surface area contributed by atoms with Crippen molar-refractivity contribution in [2.24, 2.45) is 0 Å². The van der Waals surface area contributed by atoms with Crippen molar-refractivity contribution in [3.05, 3.63) is 36.2 Å². The summed E-state index contributed by atoms with van der Waals surface area (Å²) >= 11 is 0. The monoisotopic (exact) mass is 248 g/mol. The van der Waals surface area contributed by atoms with Crippen LogP contribution in [0.1, 0.15) is 10.6 Å². The number of ether oxygens (including phenoxy) is 2. The van der Waals surface area contributed by atoms with E-state index in [2.05, 4.69) is 15.0 Å². The molecule has 0 saturated heterocycles. The number of hydrogen-bond donors (Lipinski definition) is 1. The number of esters is 1. The van der Waals surface area contributed by atoms with E-state index in [1.54, 1.807) is 19.2 Å². The van der Waals surface area contributed by atoms with Gasteiger partial charge in [-0.2, -0.15) is 0 Å². The van der Waals surface area contributed by atoms with Crippen LogP contribution in [0.3, 0.4) is 0 Å². The molecule has 0 fully saturated rings. The van der Waals surface area contributed by atoms with Gasteiger partial charge in [-0.05, 0) is 12.1 Å². The molecule has 0 aliphatic heterocycles. The van der Waals surface area contributed by atoms with E-state index in [0.717, 1.165) is 0 Å². The predicted molar refractivity (Wildman–Crippen MR) is 64.1 cm³/mol. The fraction of sp³-hybridized carbons (Fsp3) is 0.167. The van der Waals surface area contributed by atoms with Crippen LogP contribution in [0.2, 0.25) is 0 Å². The zero-order valence-electron chi connectivity index (χ0n) is 9.97. The molecule has 1 N–H and O–H groups in total. The zero-order valence-corrected chi connectivity index (χ0v) is 9.97. The number of aromatic nitrogens is 1. The summed E-state index contributed by atoms with van der Waals surface area (Å²) in [6.45, 7) is 0. The third-order valence-corrected chi connectivity index (χ3v) is 2.24. The molecule has 18 heavy (non-hydrogen) atoms. The van der Waals surface area contributed by atoms with Crippen LogP contribution in [0.15, 0.2) is 34.9 Å². The van der Waals surface area contributed by atoms with Gasteiger partial charge in [0.1, 0.15) is 5.75 Å². The SMILES string of the molecule is COC(=O)c1cnc(Nc2ccccc2OC)o1. The molecule has 0 unspecified atom stereocenters. The van der Waals surface area contributed by atoms with Crippen LogP contribution in [-0.4, -0.2) is 25.2 Å². The highest BCUT2D eigenvalue weighted by molar-refractivity contribution is 5.86. The highest BCUT2D eigenvalue weighted by Crippen LogP contribution is 2.26. The minimum Gasteiger partial charge on any atom is -0.495 e. The van der Waals surface area contributed by atoms with Crippen molar-refractivity contribution in [3.63, 3.8) is 0 Å². The maximum atomic E-state index is 11.2. The van der Waals surface area contributed by atoms with Crippen LogP contribution in [0.5, 0.6) is 5.75 Å². The van der Waals surface area contributed by atoms with Crippen LogP contribution < -0.4 is 10.1 Å². The van der Waals surface area contributed by atoms with Gasteiger partial charge in [-0.3, -0.25) is 0 Å². The van der Waals surface area contributed by atoms with E-state index in [-0.39, 0.29) is 11.8 Å². The van der Waals surface area contributed by atoms with Crippen molar-refractivity contribution in [1.82, 2.24) is 4.98 Å².